The molecule has 0 atom stereocenters. The molecule has 3 aromatic rings. The third kappa shape index (κ3) is 3.69. The largest absolute Gasteiger partial charge is 0.112 e. The van der Waals surface area contributed by atoms with Gasteiger partial charge in [0.25, 0.3) is 0 Å². The Hall–Kier alpha value is -1.91. The fourth-order valence-corrected chi connectivity index (χ4v) is 10.7. The van der Waals surface area contributed by atoms with Crippen LogP contribution in [-0.4, -0.2) is 6.16 Å². The van der Waals surface area contributed by atoms with Gasteiger partial charge in [-0.25, -0.2) is 0 Å². The molecule has 1 saturated carbocycles. The molecule has 3 aromatic carbocycles. The summed E-state index contributed by atoms with van der Waals surface area (Å²) in [6, 6.07) is 34.1. The average Bonchev–Trinajstić information content (AvgIpc) is 2.95. The summed E-state index contributed by atoms with van der Waals surface area (Å²) in [5.74, 6) is 0.684. The van der Waals surface area contributed by atoms with Crippen molar-refractivity contribution >= 4 is 23.2 Å². The number of hydrogen-bond donors (Lipinski definition) is 0. The van der Waals surface area contributed by atoms with Crippen LogP contribution in [-0.2, 0) is 0 Å². The summed E-state index contributed by atoms with van der Waals surface area (Å²) in [6.45, 7) is 10.0. The predicted octanol–water partition coefficient (Wildman–Crippen LogP) is 6.44. The van der Waals surface area contributed by atoms with E-state index in [-0.39, 0.29) is 0 Å². The summed E-state index contributed by atoms with van der Waals surface area (Å²) in [4.78, 5) is 0. The highest BCUT2D eigenvalue weighted by atomic mass is 31.2. The van der Waals surface area contributed by atoms with E-state index in [1.165, 1.54) is 34.9 Å². The number of benzene rings is 3. The molecule has 0 radical (unpaired) electrons. The lowest BCUT2D eigenvalue weighted by Gasteiger charge is -2.39. The van der Waals surface area contributed by atoms with Gasteiger partial charge in [0, 0.05) is 5.92 Å². The normalized spacial score (nSPS) is 18.6. The van der Waals surface area contributed by atoms with Gasteiger partial charge in [0.1, 0.15) is 23.2 Å². The maximum absolute atomic E-state index is 2.50. The molecule has 1 aliphatic carbocycles. The fourth-order valence-electron chi connectivity index (χ4n) is 5.63. The topological polar surface area (TPSA) is 0 Å². The van der Waals surface area contributed by atoms with Gasteiger partial charge in [0.2, 0.25) is 0 Å². The Kier molecular flexibility index (Phi) is 5.43. The SMILES string of the molecule is CC1(C)CCC(C)(C)C1C[P+](c1ccccc1)(c1ccccc1)c1ccccc1. The molecule has 0 aliphatic heterocycles. The van der Waals surface area contributed by atoms with Gasteiger partial charge in [-0.05, 0) is 60.1 Å². The minimum absolute atomic E-state index is 0.368. The van der Waals surface area contributed by atoms with Crippen LogP contribution in [0.5, 0.6) is 0 Å². The molecule has 29 heavy (non-hydrogen) atoms. The van der Waals surface area contributed by atoms with E-state index in [4.69, 9.17) is 0 Å². The second-order valence-electron chi connectivity index (χ2n) is 10.0. The third-order valence-corrected chi connectivity index (χ3v) is 11.8. The van der Waals surface area contributed by atoms with Crippen LogP contribution in [0.1, 0.15) is 40.5 Å². The van der Waals surface area contributed by atoms with E-state index >= 15 is 0 Å². The smallest absolute Gasteiger partial charge is 0.0620 e. The van der Waals surface area contributed by atoms with Crippen LogP contribution >= 0.6 is 7.26 Å². The molecule has 0 spiro atoms. The molecule has 1 aliphatic rings. The molecule has 0 nitrogen and oxygen atoms in total. The zero-order valence-electron chi connectivity index (χ0n) is 18.3. The van der Waals surface area contributed by atoms with Crippen LogP contribution in [0.3, 0.4) is 0 Å². The average molecular weight is 402 g/mol. The van der Waals surface area contributed by atoms with Crippen LogP contribution < -0.4 is 15.9 Å². The van der Waals surface area contributed by atoms with Crippen molar-refractivity contribution in [3.63, 3.8) is 0 Å². The highest BCUT2D eigenvalue weighted by Crippen LogP contribution is 2.64. The molecule has 0 saturated heterocycles. The molecule has 4 rings (SSSR count). The third-order valence-electron chi connectivity index (χ3n) is 7.35. The Morgan fingerprint density at radius 2 is 0.897 bits per heavy atom. The maximum atomic E-state index is 2.50. The highest BCUT2D eigenvalue weighted by Gasteiger charge is 2.55. The second kappa shape index (κ2) is 7.73. The van der Waals surface area contributed by atoms with Crippen molar-refractivity contribution in [3.8, 4) is 0 Å². The molecule has 1 fully saturated rings. The van der Waals surface area contributed by atoms with Crippen molar-refractivity contribution in [2.75, 3.05) is 6.16 Å². The van der Waals surface area contributed by atoms with E-state index in [2.05, 4.69) is 119 Å². The van der Waals surface area contributed by atoms with Crippen LogP contribution in [0.4, 0.5) is 0 Å². The van der Waals surface area contributed by atoms with Gasteiger partial charge in [-0.15, -0.1) is 0 Å². The molecular formula is C28H34P+. The van der Waals surface area contributed by atoms with Crippen LogP contribution in [0.15, 0.2) is 91.0 Å². The predicted molar refractivity (Wildman–Crippen MR) is 130 cm³/mol. The van der Waals surface area contributed by atoms with Gasteiger partial charge >= 0.3 is 0 Å². The lowest BCUT2D eigenvalue weighted by atomic mass is 9.74. The van der Waals surface area contributed by atoms with Crippen LogP contribution in [0.2, 0.25) is 0 Å². The summed E-state index contributed by atoms with van der Waals surface area (Å²) in [5.41, 5.74) is 0.736. The summed E-state index contributed by atoms with van der Waals surface area (Å²) >= 11 is 0. The first kappa shape index (κ1) is 20.4. The van der Waals surface area contributed by atoms with Crippen molar-refractivity contribution in [2.45, 2.75) is 40.5 Å². The summed E-state index contributed by atoms with van der Waals surface area (Å²) < 4.78 is 0. The quantitative estimate of drug-likeness (QED) is 0.431. The second-order valence-corrected chi connectivity index (χ2v) is 13.6. The molecule has 150 valence electrons. The van der Waals surface area contributed by atoms with Gasteiger partial charge < -0.3 is 0 Å². The van der Waals surface area contributed by atoms with Crippen molar-refractivity contribution < 1.29 is 0 Å². The Morgan fingerprint density at radius 1 is 0.586 bits per heavy atom. The van der Waals surface area contributed by atoms with Gasteiger partial charge in [-0.1, -0.05) is 82.3 Å². The maximum Gasteiger partial charge on any atom is 0.112 e. The minimum Gasteiger partial charge on any atom is -0.0620 e. The van der Waals surface area contributed by atoms with Crippen molar-refractivity contribution in [2.24, 2.45) is 16.7 Å². The van der Waals surface area contributed by atoms with E-state index in [1.54, 1.807) is 0 Å². The Bertz CT molecular complexity index is 813. The van der Waals surface area contributed by atoms with Crippen molar-refractivity contribution in [3.05, 3.63) is 91.0 Å². The standard InChI is InChI=1S/C28H34P/c1-27(2)20-21-28(3,4)26(27)22-29(23-14-8-5-9-15-23,24-16-10-6-11-17-24)25-18-12-7-13-19-25/h5-19,26H,20-22H2,1-4H3/q+1. The molecule has 0 amide bonds. The monoisotopic (exact) mass is 401 g/mol. The van der Waals surface area contributed by atoms with Gasteiger partial charge in [0.05, 0.1) is 6.16 Å². The molecule has 0 aromatic heterocycles. The Balaban J connectivity index is 1.98. The highest BCUT2D eigenvalue weighted by molar-refractivity contribution is 7.95. The first-order valence-electron chi connectivity index (χ1n) is 10.9. The first-order valence-corrected chi connectivity index (χ1v) is 12.9. The van der Waals surface area contributed by atoms with E-state index in [0.29, 0.717) is 16.7 Å². The van der Waals surface area contributed by atoms with Crippen LogP contribution in [0, 0.1) is 16.7 Å². The van der Waals surface area contributed by atoms with Crippen LogP contribution in [0.25, 0.3) is 0 Å². The van der Waals surface area contributed by atoms with E-state index in [0.717, 1.165) is 0 Å². The van der Waals surface area contributed by atoms with Gasteiger partial charge in [0.15, 0.2) is 0 Å². The molecular weight excluding hydrogens is 367 g/mol. The zero-order chi connectivity index (χ0) is 20.5. The first-order chi connectivity index (χ1) is 13.9. The summed E-state index contributed by atoms with van der Waals surface area (Å²) in [5, 5.41) is 4.53. The van der Waals surface area contributed by atoms with E-state index < -0.39 is 7.26 Å². The zero-order valence-corrected chi connectivity index (χ0v) is 19.2. The summed E-state index contributed by atoms with van der Waals surface area (Å²) in [7, 11) is -1.76. The lowest BCUT2D eigenvalue weighted by molar-refractivity contribution is 0.183. The molecule has 0 N–H and O–H groups in total. The van der Waals surface area contributed by atoms with E-state index in [9.17, 15) is 0 Å². The van der Waals surface area contributed by atoms with Gasteiger partial charge in [-0.2, -0.15) is 0 Å². The molecule has 0 heterocycles. The molecule has 0 unspecified atom stereocenters. The van der Waals surface area contributed by atoms with Crippen molar-refractivity contribution in [1.82, 2.24) is 0 Å². The fraction of sp³-hybridized carbons (Fsp3) is 0.357. The number of hydrogen-bond acceptors (Lipinski definition) is 0. The lowest BCUT2D eigenvalue weighted by Crippen LogP contribution is -2.41. The molecule has 0 bridgehead atoms. The van der Waals surface area contributed by atoms with Crippen molar-refractivity contribution in [1.29, 1.82) is 0 Å². The minimum atomic E-state index is -1.76. The van der Waals surface area contributed by atoms with E-state index in [1.807, 2.05) is 0 Å². The van der Waals surface area contributed by atoms with Gasteiger partial charge in [-0.3, -0.25) is 0 Å². The number of rotatable bonds is 5. The Labute approximate surface area is 177 Å². The Morgan fingerprint density at radius 3 is 1.21 bits per heavy atom. The molecule has 1 heteroatoms. The summed E-state index contributed by atoms with van der Waals surface area (Å²) in [6.07, 6.45) is 3.89.